The van der Waals surface area contributed by atoms with E-state index in [0.717, 1.165) is 11.1 Å². The molecule has 2 rings (SSSR count). The maximum absolute atomic E-state index is 13.1. The van der Waals surface area contributed by atoms with Crippen LogP contribution in [0.4, 0.5) is 4.39 Å². The summed E-state index contributed by atoms with van der Waals surface area (Å²) in [7, 11) is 0. The van der Waals surface area contributed by atoms with Crippen LogP contribution in [-0.2, 0) is 5.33 Å². The van der Waals surface area contributed by atoms with Gasteiger partial charge in [0.25, 0.3) is 0 Å². The largest absolute Gasteiger partial charge is 0.457 e. The molecule has 4 heteroatoms. The van der Waals surface area contributed by atoms with Gasteiger partial charge in [0.05, 0.1) is 0 Å². The number of hydrogen-bond donors (Lipinski definition) is 0. The van der Waals surface area contributed by atoms with Crippen molar-refractivity contribution in [2.45, 2.75) is 12.3 Å². The van der Waals surface area contributed by atoms with Crippen LogP contribution < -0.4 is 4.74 Å². The first-order valence-corrected chi connectivity index (χ1v) is 6.88. The summed E-state index contributed by atoms with van der Waals surface area (Å²) in [5.41, 5.74) is 1.73. The van der Waals surface area contributed by atoms with Crippen molar-refractivity contribution in [3.8, 4) is 11.5 Å². The monoisotopic (exact) mass is 328 g/mol. The van der Waals surface area contributed by atoms with E-state index >= 15 is 0 Å². The number of alkyl halides is 1. The molecular weight excluding hydrogens is 319 g/mol. The normalized spacial score (nSPS) is 10.4. The third-order valence-electron chi connectivity index (χ3n) is 2.54. The van der Waals surface area contributed by atoms with Gasteiger partial charge >= 0.3 is 0 Å². The van der Waals surface area contributed by atoms with E-state index in [4.69, 9.17) is 16.3 Å². The highest BCUT2D eigenvalue weighted by Gasteiger charge is 2.08. The molecule has 0 aliphatic rings. The van der Waals surface area contributed by atoms with E-state index in [0.29, 0.717) is 21.9 Å². The fourth-order valence-corrected chi connectivity index (χ4v) is 2.15. The lowest BCUT2D eigenvalue weighted by atomic mass is 10.2. The van der Waals surface area contributed by atoms with Gasteiger partial charge in [0.15, 0.2) is 0 Å². The van der Waals surface area contributed by atoms with Crippen LogP contribution in [0, 0.1) is 12.7 Å². The SMILES string of the molecule is Cc1ccc(Cl)cc1Oc1ccc(F)cc1CBr. The van der Waals surface area contributed by atoms with Crippen molar-refractivity contribution in [2.24, 2.45) is 0 Å². The van der Waals surface area contributed by atoms with Crippen LogP contribution in [0.3, 0.4) is 0 Å². The van der Waals surface area contributed by atoms with Gasteiger partial charge in [0.1, 0.15) is 17.3 Å². The molecule has 0 aromatic heterocycles. The van der Waals surface area contributed by atoms with Gasteiger partial charge < -0.3 is 4.74 Å². The zero-order valence-electron chi connectivity index (χ0n) is 9.71. The Morgan fingerprint density at radius 1 is 1.17 bits per heavy atom. The number of ether oxygens (including phenoxy) is 1. The molecule has 1 nitrogen and oxygen atoms in total. The zero-order chi connectivity index (χ0) is 13.1. The van der Waals surface area contributed by atoms with Crippen molar-refractivity contribution in [2.75, 3.05) is 0 Å². The van der Waals surface area contributed by atoms with E-state index in [9.17, 15) is 4.39 Å². The first kappa shape index (κ1) is 13.4. The summed E-state index contributed by atoms with van der Waals surface area (Å²) in [5.74, 6) is 1.02. The van der Waals surface area contributed by atoms with Gasteiger partial charge in [-0.3, -0.25) is 0 Å². The molecule has 0 radical (unpaired) electrons. The summed E-state index contributed by atoms with van der Waals surface area (Å²) >= 11 is 9.25. The van der Waals surface area contributed by atoms with Gasteiger partial charge in [-0.1, -0.05) is 33.6 Å². The standard InChI is InChI=1S/C14H11BrClFO/c1-9-2-3-11(16)7-14(9)18-13-5-4-12(17)6-10(13)8-15/h2-7H,8H2,1H3. The Balaban J connectivity index is 2.36. The quantitative estimate of drug-likeness (QED) is 0.678. The molecule has 0 aliphatic carbocycles. The number of benzene rings is 2. The van der Waals surface area contributed by atoms with Gasteiger partial charge in [-0.05, 0) is 42.8 Å². The third-order valence-corrected chi connectivity index (χ3v) is 3.38. The molecule has 0 saturated heterocycles. The molecule has 2 aromatic rings. The Morgan fingerprint density at radius 2 is 1.94 bits per heavy atom. The summed E-state index contributed by atoms with van der Waals surface area (Å²) < 4.78 is 18.9. The van der Waals surface area contributed by atoms with Gasteiger partial charge in [0.2, 0.25) is 0 Å². The van der Waals surface area contributed by atoms with E-state index in [-0.39, 0.29) is 5.82 Å². The Labute approximate surface area is 119 Å². The lowest BCUT2D eigenvalue weighted by molar-refractivity contribution is 0.472. The summed E-state index contributed by atoms with van der Waals surface area (Å²) in [6, 6.07) is 9.88. The molecule has 0 unspecified atom stereocenters. The topological polar surface area (TPSA) is 9.23 Å². The first-order valence-electron chi connectivity index (χ1n) is 5.38. The Hall–Kier alpha value is -1.06. The Morgan fingerprint density at radius 3 is 2.67 bits per heavy atom. The molecule has 0 atom stereocenters. The second-order valence-corrected chi connectivity index (χ2v) is 4.89. The van der Waals surface area contributed by atoms with Crippen LogP contribution in [0.2, 0.25) is 5.02 Å². The number of rotatable bonds is 3. The molecular formula is C14H11BrClFO. The molecule has 0 N–H and O–H groups in total. The van der Waals surface area contributed by atoms with Gasteiger partial charge in [-0.15, -0.1) is 0 Å². The van der Waals surface area contributed by atoms with Crippen molar-refractivity contribution in [3.63, 3.8) is 0 Å². The first-order chi connectivity index (χ1) is 8.60. The third kappa shape index (κ3) is 3.03. The predicted molar refractivity (Wildman–Crippen MR) is 75.3 cm³/mol. The summed E-state index contributed by atoms with van der Waals surface area (Å²) in [4.78, 5) is 0. The highest BCUT2D eigenvalue weighted by atomic mass is 79.9. The van der Waals surface area contributed by atoms with Crippen molar-refractivity contribution in [1.82, 2.24) is 0 Å². The molecule has 0 amide bonds. The molecule has 0 spiro atoms. The number of halogens is 3. The average Bonchev–Trinajstić information content (AvgIpc) is 2.36. The Bertz CT molecular complexity index is 572. The maximum Gasteiger partial charge on any atom is 0.131 e. The van der Waals surface area contributed by atoms with E-state index in [1.54, 1.807) is 18.2 Å². The highest BCUT2D eigenvalue weighted by molar-refractivity contribution is 9.08. The van der Waals surface area contributed by atoms with Crippen LogP contribution >= 0.6 is 27.5 Å². The van der Waals surface area contributed by atoms with E-state index in [1.807, 2.05) is 13.0 Å². The second kappa shape index (κ2) is 5.72. The fourth-order valence-electron chi connectivity index (χ4n) is 1.55. The van der Waals surface area contributed by atoms with Crippen LogP contribution in [0.15, 0.2) is 36.4 Å². The van der Waals surface area contributed by atoms with Gasteiger partial charge in [-0.2, -0.15) is 0 Å². The molecule has 2 aromatic carbocycles. The molecule has 0 heterocycles. The maximum atomic E-state index is 13.1. The van der Waals surface area contributed by atoms with Crippen molar-refractivity contribution < 1.29 is 9.13 Å². The predicted octanol–water partition coefficient (Wildman–Crippen LogP) is 5.47. The van der Waals surface area contributed by atoms with Crippen LogP contribution in [0.25, 0.3) is 0 Å². The number of aryl methyl sites for hydroxylation is 1. The Kier molecular flexibility index (Phi) is 4.25. The van der Waals surface area contributed by atoms with Crippen LogP contribution in [-0.4, -0.2) is 0 Å². The lowest BCUT2D eigenvalue weighted by Crippen LogP contribution is -1.92. The second-order valence-electron chi connectivity index (χ2n) is 3.90. The highest BCUT2D eigenvalue weighted by Crippen LogP contribution is 2.31. The molecule has 0 fully saturated rings. The number of hydrogen-bond acceptors (Lipinski definition) is 1. The minimum atomic E-state index is -0.278. The molecule has 18 heavy (non-hydrogen) atoms. The van der Waals surface area contributed by atoms with E-state index < -0.39 is 0 Å². The van der Waals surface area contributed by atoms with Crippen LogP contribution in [0.1, 0.15) is 11.1 Å². The average molecular weight is 330 g/mol. The summed E-state index contributed by atoms with van der Waals surface area (Å²) in [6.45, 7) is 1.93. The van der Waals surface area contributed by atoms with Gasteiger partial charge in [-0.25, -0.2) is 4.39 Å². The molecule has 0 bridgehead atoms. The van der Waals surface area contributed by atoms with E-state index in [1.165, 1.54) is 12.1 Å². The smallest absolute Gasteiger partial charge is 0.131 e. The van der Waals surface area contributed by atoms with E-state index in [2.05, 4.69) is 15.9 Å². The summed E-state index contributed by atoms with van der Waals surface area (Å²) in [6.07, 6.45) is 0. The lowest BCUT2D eigenvalue weighted by Gasteiger charge is -2.12. The molecule has 94 valence electrons. The molecule has 0 saturated carbocycles. The zero-order valence-corrected chi connectivity index (χ0v) is 12.1. The van der Waals surface area contributed by atoms with Crippen LogP contribution in [0.5, 0.6) is 11.5 Å². The minimum Gasteiger partial charge on any atom is -0.457 e. The van der Waals surface area contributed by atoms with Gasteiger partial charge in [0, 0.05) is 15.9 Å². The van der Waals surface area contributed by atoms with Crippen molar-refractivity contribution in [3.05, 3.63) is 58.4 Å². The molecule has 0 aliphatic heterocycles. The van der Waals surface area contributed by atoms with Crippen molar-refractivity contribution >= 4 is 27.5 Å². The van der Waals surface area contributed by atoms with Crippen molar-refractivity contribution in [1.29, 1.82) is 0 Å². The minimum absolute atomic E-state index is 0.278. The summed E-state index contributed by atoms with van der Waals surface area (Å²) in [5, 5.41) is 1.14. The fraction of sp³-hybridized carbons (Fsp3) is 0.143.